The monoisotopic (exact) mass is 342 g/mol. The van der Waals surface area contributed by atoms with Crippen LogP contribution >= 0.6 is 0 Å². The Morgan fingerprint density at radius 1 is 1.20 bits per heavy atom. The first kappa shape index (κ1) is 19.0. The summed E-state index contributed by atoms with van der Waals surface area (Å²) in [5, 5.41) is 15.0. The van der Waals surface area contributed by atoms with Crippen LogP contribution in [0.25, 0.3) is 5.69 Å². The molecule has 1 aromatic heterocycles. The van der Waals surface area contributed by atoms with Crippen LogP contribution in [0.5, 0.6) is 0 Å². The first-order chi connectivity index (χ1) is 12.2. The van der Waals surface area contributed by atoms with Gasteiger partial charge in [0.1, 0.15) is 6.33 Å². The minimum absolute atomic E-state index is 0.398. The number of hydrogen-bond donors (Lipinski definition) is 2. The molecule has 2 aromatic rings. The molecule has 0 aliphatic carbocycles. The molecule has 0 bridgehead atoms. The highest BCUT2D eigenvalue weighted by Crippen LogP contribution is 2.09. The van der Waals surface area contributed by atoms with E-state index in [0.717, 1.165) is 23.9 Å². The fraction of sp³-hybridized carbons (Fsp3) is 0.526. The van der Waals surface area contributed by atoms with E-state index in [1.54, 1.807) is 13.4 Å². The number of hydrogen-bond acceptors (Lipinski definition) is 3. The molecule has 2 rings (SSSR count). The second-order valence-electron chi connectivity index (χ2n) is 6.27. The van der Waals surface area contributed by atoms with Gasteiger partial charge in [0.05, 0.1) is 6.54 Å². The average Bonchev–Trinajstić information content (AvgIpc) is 3.11. The zero-order chi connectivity index (χ0) is 17.9. The fourth-order valence-corrected chi connectivity index (χ4v) is 2.72. The standard InChI is InChI=1S/C19H30N6/c1-4-5-6-8-11-16(2)23-19(20-3)21-14-18-24-22-15-25(18)17-12-9-7-10-13-17/h7,9-10,12-13,15-16H,4-6,8,11,14H2,1-3H3,(H2,20,21,23). The topological polar surface area (TPSA) is 67.1 Å². The van der Waals surface area contributed by atoms with Gasteiger partial charge in [0.15, 0.2) is 11.8 Å². The lowest BCUT2D eigenvalue weighted by Crippen LogP contribution is -2.42. The van der Waals surface area contributed by atoms with Crippen molar-refractivity contribution in [1.29, 1.82) is 0 Å². The highest BCUT2D eigenvalue weighted by molar-refractivity contribution is 5.79. The van der Waals surface area contributed by atoms with E-state index < -0.39 is 0 Å². The van der Waals surface area contributed by atoms with Crippen molar-refractivity contribution in [3.05, 3.63) is 42.5 Å². The zero-order valence-corrected chi connectivity index (χ0v) is 15.6. The van der Waals surface area contributed by atoms with Gasteiger partial charge in [0, 0.05) is 18.8 Å². The molecule has 0 aliphatic heterocycles. The molecule has 0 saturated heterocycles. The Hall–Kier alpha value is -2.37. The molecule has 1 atom stereocenters. The largest absolute Gasteiger partial charge is 0.354 e. The molecule has 25 heavy (non-hydrogen) atoms. The van der Waals surface area contributed by atoms with Crippen molar-refractivity contribution in [2.75, 3.05) is 7.05 Å². The van der Waals surface area contributed by atoms with E-state index in [0.29, 0.717) is 12.6 Å². The lowest BCUT2D eigenvalue weighted by molar-refractivity contribution is 0.536. The quantitative estimate of drug-likeness (QED) is 0.417. The van der Waals surface area contributed by atoms with Crippen LogP contribution in [-0.2, 0) is 6.54 Å². The molecule has 6 nitrogen and oxygen atoms in total. The maximum atomic E-state index is 4.31. The second kappa shape index (κ2) is 10.5. The van der Waals surface area contributed by atoms with Crippen LogP contribution in [0.2, 0.25) is 0 Å². The lowest BCUT2D eigenvalue weighted by Gasteiger charge is -2.18. The normalized spacial score (nSPS) is 12.8. The van der Waals surface area contributed by atoms with Gasteiger partial charge in [-0.25, -0.2) is 0 Å². The van der Waals surface area contributed by atoms with Crippen molar-refractivity contribution in [3.8, 4) is 5.69 Å². The summed E-state index contributed by atoms with van der Waals surface area (Å²) in [7, 11) is 1.79. The highest BCUT2D eigenvalue weighted by atomic mass is 15.3. The predicted octanol–water partition coefficient (Wildman–Crippen LogP) is 3.29. The van der Waals surface area contributed by atoms with Crippen LogP contribution in [0.4, 0.5) is 0 Å². The van der Waals surface area contributed by atoms with Gasteiger partial charge in [-0.2, -0.15) is 0 Å². The molecule has 1 aromatic carbocycles. The molecule has 2 N–H and O–H groups in total. The van der Waals surface area contributed by atoms with Gasteiger partial charge in [-0.05, 0) is 25.5 Å². The summed E-state index contributed by atoms with van der Waals surface area (Å²) in [6.07, 6.45) is 8.03. The summed E-state index contributed by atoms with van der Waals surface area (Å²) < 4.78 is 1.98. The molecular formula is C19H30N6. The van der Waals surface area contributed by atoms with Crippen molar-refractivity contribution in [2.45, 2.75) is 58.5 Å². The third-order valence-electron chi connectivity index (χ3n) is 4.16. The maximum Gasteiger partial charge on any atom is 0.191 e. The molecular weight excluding hydrogens is 312 g/mol. The first-order valence-corrected chi connectivity index (χ1v) is 9.16. The zero-order valence-electron chi connectivity index (χ0n) is 15.6. The number of guanidine groups is 1. The Bertz CT molecular complexity index is 634. The smallest absolute Gasteiger partial charge is 0.191 e. The van der Waals surface area contributed by atoms with Crippen molar-refractivity contribution < 1.29 is 0 Å². The van der Waals surface area contributed by atoms with Crippen LogP contribution in [0, 0.1) is 0 Å². The number of rotatable bonds is 9. The van der Waals surface area contributed by atoms with E-state index in [1.165, 1.54) is 25.7 Å². The maximum absolute atomic E-state index is 4.31. The summed E-state index contributed by atoms with van der Waals surface area (Å²) in [6.45, 7) is 5.00. The number of aromatic nitrogens is 3. The molecule has 1 heterocycles. The van der Waals surface area contributed by atoms with Gasteiger partial charge in [-0.3, -0.25) is 9.56 Å². The van der Waals surface area contributed by atoms with Crippen molar-refractivity contribution >= 4 is 5.96 Å². The third kappa shape index (κ3) is 6.21. The molecule has 0 fully saturated rings. The van der Waals surface area contributed by atoms with Gasteiger partial charge in [0.2, 0.25) is 0 Å². The van der Waals surface area contributed by atoms with E-state index in [9.17, 15) is 0 Å². The molecule has 6 heteroatoms. The molecule has 0 aliphatic rings. The third-order valence-corrected chi connectivity index (χ3v) is 4.16. The second-order valence-corrected chi connectivity index (χ2v) is 6.27. The Balaban J connectivity index is 1.84. The van der Waals surface area contributed by atoms with E-state index in [4.69, 9.17) is 0 Å². The van der Waals surface area contributed by atoms with Gasteiger partial charge < -0.3 is 10.6 Å². The number of para-hydroxylation sites is 1. The van der Waals surface area contributed by atoms with E-state index >= 15 is 0 Å². The van der Waals surface area contributed by atoms with Crippen LogP contribution < -0.4 is 10.6 Å². The van der Waals surface area contributed by atoms with Gasteiger partial charge >= 0.3 is 0 Å². The van der Waals surface area contributed by atoms with Crippen LogP contribution in [0.15, 0.2) is 41.7 Å². The van der Waals surface area contributed by atoms with Gasteiger partial charge in [0.25, 0.3) is 0 Å². The summed E-state index contributed by atoms with van der Waals surface area (Å²) in [5.41, 5.74) is 1.05. The highest BCUT2D eigenvalue weighted by Gasteiger charge is 2.09. The summed E-state index contributed by atoms with van der Waals surface area (Å²) in [5.74, 6) is 1.65. The van der Waals surface area contributed by atoms with Crippen molar-refractivity contribution in [3.63, 3.8) is 0 Å². The summed E-state index contributed by atoms with van der Waals surface area (Å²) in [6, 6.07) is 10.5. The fourth-order valence-electron chi connectivity index (χ4n) is 2.72. The Kier molecular flexibility index (Phi) is 7.95. The average molecular weight is 342 g/mol. The Morgan fingerprint density at radius 2 is 2.00 bits per heavy atom. The predicted molar refractivity (Wildman–Crippen MR) is 103 cm³/mol. The van der Waals surface area contributed by atoms with Crippen LogP contribution in [0.1, 0.15) is 51.8 Å². The number of nitrogens with one attached hydrogen (secondary N) is 2. The van der Waals surface area contributed by atoms with Gasteiger partial charge in [-0.1, -0.05) is 50.8 Å². The number of aliphatic imine (C=N–C) groups is 1. The summed E-state index contributed by atoms with van der Waals surface area (Å²) >= 11 is 0. The van der Waals surface area contributed by atoms with Crippen molar-refractivity contribution in [2.24, 2.45) is 4.99 Å². The van der Waals surface area contributed by atoms with Gasteiger partial charge in [-0.15, -0.1) is 10.2 Å². The number of nitrogens with zero attached hydrogens (tertiary/aromatic N) is 4. The molecule has 0 amide bonds. The van der Waals surface area contributed by atoms with Crippen molar-refractivity contribution in [1.82, 2.24) is 25.4 Å². The molecule has 136 valence electrons. The van der Waals surface area contributed by atoms with E-state index in [-0.39, 0.29) is 0 Å². The van der Waals surface area contributed by atoms with Crippen LogP contribution in [0.3, 0.4) is 0 Å². The van der Waals surface area contributed by atoms with E-state index in [2.05, 4.69) is 39.7 Å². The van der Waals surface area contributed by atoms with E-state index in [1.807, 2.05) is 34.9 Å². The number of unbranched alkanes of at least 4 members (excludes halogenated alkanes) is 3. The molecule has 0 spiro atoms. The molecule has 1 unspecified atom stereocenters. The lowest BCUT2D eigenvalue weighted by atomic mass is 10.1. The SMILES string of the molecule is CCCCCCC(C)NC(=NC)NCc1nncn1-c1ccccc1. The Labute approximate surface area is 150 Å². The number of benzene rings is 1. The minimum Gasteiger partial charge on any atom is -0.354 e. The molecule has 0 saturated carbocycles. The minimum atomic E-state index is 0.398. The first-order valence-electron chi connectivity index (χ1n) is 9.16. The van der Waals surface area contributed by atoms with Crippen LogP contribution in [-0.4, -0.2) is 33.8 Å². The Morgan fingerprint density at radius 3 is 2.72 bits per heavy atom. The summed E-state index contributed by atoms with van der Waals surface area (Å²) in [4.78, 5) is 4.31. The molecule has 0 radical (unpaired) electrons.